The molecule has 0 saturated carbocycles. The van der Waals surface area contributed by atoms with Crippen molar-refractivity contribution in [2.24, 2.45) is 11.7 Å². The fourth-order valence-electron chi connectivity index (χ4n) is 4.36. The molecule has 1 aliphatic carbocycles. The lowest BCUT2D eigenvalue weighted by atomic mass is 9.87. The predicted molar refractivity (Wildman–Crippen MR) is 126 cm³/mol. The number of aromatic hydroxyl groups is 1. The molecule has 4 rings (SSSR count). The number of phenolic OH excluding ortho intramolecular Hbond substituents is 1. The van der Waals surface area contributed by atoms with E-state index in [1.165, 1.54) is 16.0 Å². The molecule has 0 spiro atoms. The van der Waals surface area contributed by atoms with E-state index in [9.17, 15) is 14.7 Å². The molecule has 0 fully saturated rings. The number of fused-ring (bicyclic) bond motifs is 2. The van der Waals surface area contributed by atoms with Crippen molar-refractivity contribution in [1.29, 1.82) is 0 Å². The van der Waals surface area contributed by atoms with Gasteiger partial charge in [0.05, 0.1) is 12.6 Å². The van der Waals surface area contributed by atoms with Crippen LogP contribution in [0.2, 0.25) is 0 Å². The summed E-state index contributed by atoms with van der Waals surface area (Å²) < 4.78 is 0. The Hall–Kier alpha value is -2.86. The molecule has 0 aromatic heterocycles. The highest BCUT2D eigenvalue weighted by Gasteiger charge is 2.35. The van der Waals surface area contributed by atoms with Gasteiger partial charge in [0.15, 0.2) is 0 Å². The van der Waals surface area contributed by atoms with E-state index in [1.54, 1.807) is 12.1 Å². The van der Waals surface area contributed by atoms with E-state index in [2.05, 4.69) is 38.2 Å². The van der Waals surface area contributed by atoms with Crippen LogP contribution >= 0.6 is 0 Å². The number of carbonyl (C=O) groups excluding carboxylic acids is 2. The van der Waals surface area contributed by atoms with Crippen molar-refractivity contribution in [3.63, 3.8) is 0 Å². The maximum absolute atomic E-state index is 13.2. The third-order valence-electron chi connectivity index (χ3n) is 5.80. The first-order valence-electron chi connectivity index (χ1n) is 11.5. The molecule has 1 aliphatic heterocycles. The van der Waals surface area contributed by atoms with Crippen LogP contribution in [0.25, 0.3) is 0 Å². The van der Waals surface area contributed by atoms with Crippen LogP contribution in [-0.4, -0.2) is 34.4 Å². The van der Waals surface area contributed by atoms with Gasteiger partial charge in [-0.3, -0.25) is 9.59 Å². The molecular formula is C26H35N3O3. The van der Waals surface area contributed by atoms with Crippen LogP contribution in [0.15, 0.2) is 42.5 Å². The second-order valence-electron chi connectivity index (χ2n) is 9.28. The minimum absolute atomic E-state index is 0.0338. The summed E-state index contributed by atoms with van der Waals surface area (Å²) in [6.45, 7) is 6.63. The van der Waals surface area contributed by atoms with Crippen LogP contribution in [0.4, 0.5) is 0 Å². The molecule has 0 bridgehead atoms. The van der Waals surface area contributed by atoms with Gasteiger partial charge in [-0.25, -0.2) is 0 Å². The number of benzene rings is 2. The van der Waals surface area contributed by atoms with Crippen molar-refractivity contribution in [2.45, 2.75) is 65.1 Å². The Morgan fingerprint density at radius 3 is 2.56 bits per heavy atom. The zero-order valence-corrected chi connectivity index (χ0v) is 19.3. The fraction of sp³-hybridized carbons (Fsp3) is 0.462. The molecule has 2 aromatic carbocycles. The van der Waals surface area contributed by atoms with Gasteiger partial charge in [-0.15, -0.1) is 0 Å². The summed E-state index contributed by atoms with van der Waals surface area (Å²) in [6.07, 6.45) is 3.37. The van der Waals surface area contributed by atoms with Crippen LogP contribution in [0.1, 0.15) is 61.9 Å². The molecule has 6 heteroatoms. The molecule has 0 saturated heterocycles. The number of rotatable bonds is 3. The molecule has 4 N–H and O–H groups in total. The van der Waals surface area contributed by atoms with E-state index >= 15 is 0 Å². The van der Waals surface area contributed by atoms with Crippen molar-refractivity contribution in [3.05, 3.63) is 64.7 Å². The molecule has 32 heavy (non-hydrogen) atoms. The van der Waals surface area contributed by atoms with Crippen molar-refractivity contribution < 1.29 is 14.7 Å². The normalized spacial score (nSPS) is 19.3. The number of carbonyl (C=O) groups is 2. The first-order valence-corrected chi connectivity index (χ1v) is 11.5. The highest BCUT2D eigenvalue weighted by atomic mass is 16.3. The number of hydrogen-bond acceptors (Lipinski definition) is 4. The van der Waals surface area contributed by atoms with E-state index in [4.69, 9.17) is 5.73 Å². The van der Waals surface area contributed by atoms with Crippen molar-refractivity contribution >= 4 is 11.8 Å². The lowest BCUT2D eigenvalue weighted by Gasteiger charge is -2.37. The third-order valence-corrected chi connectivity index (χ3v) is 5.80. The Kier molecular flexibility index (Phi) is 7.91. The number of amides is 2. The summed E-state index contributed by atoms with van der Waals surface area (Å²) >= 11 is 0. The van der Waals surface area contributed by atoms with Gasteiger partial charge in [0.2, 0.25) is 11.8 Å². The van der Waals surface area contributed by atoms with Gasteiger partial charge in [-0.2, -0.15) is 0 Å². The minimum Gasteiger partial charge on any atom is -0.508 e. The SMILES string of the molecule is CC(C)C.NCC(=O)N1Cc2cc(O)ccc2CC1C(=O)NC1CCCc2ccccc21. The van der Waals surface area contributed by atoms with Gasteiger partial charge in [-0.1, -0.05) is 51.1 Å². The summed E-state index contributed by atoms with van der Waals surface area (Å²) in [5.41, 5.74) is 9.86. The number of nitrogens with one attached hydrogen (secondary N) is 1. The molecule has 6 nitrogen and oxygen atoms in total. The Balaban J connectivity index is 0.000000668. The molecule has 2 unspecified atom stereocenters. The number of nitrogens with two attached hydrogens (primary N) is 1. The summed E-state index contributed by atoms with van der Waals surface area (Å²) in [6, 6.07) is 12.7. The summed E-state index contributed by atoms with van der Waals surface area (Å²) in [7, 11) is 0. The molecule has 2 aliphatic rings. The second-order valence-corrected chi connectivity index (χ2v) is 9.28. The summed E-state index contributed by atoms with van der Waals surface area (Å²) in [5.74, 6) is 0.570. The topological polar surface area (TPSA) is 95.7 Å². The first-order chi connectivity index (χ1) is 15.3. The van der Waals surface area contributed by atoms with Crippen LogP contribution in [-0.2, 0) is 29.0 Å². The predicted octanol–water partition coefficient (Wildman–Crippen LogP) is 3.46. The zero-order chi connectivity index (χ0) is 23.3. The van der Waals surface area contributed by atoms with E-state index in [0.717, 1.165) is 36.3 Å². The van der Waals surface area contributed by atoms with Crippen LogP contribution in [0.5, 0.6) is 5.75 Å². The van der Waals surface area contributed by atoms with Gasteiger partial charge in [-0.05, 0) is 59.6 Å². The quantitative estimate of drug-likeness (QED) is 0.685. The Morgan fingerprint density at radius 1 is 1.12 bits per heavy atom. The van der Waals surface area contributed by atoms with E-state index in [-0.39, 0.29) is 36.7 Å². The number of aryl methyl sites for hydroxylation is 1. The molecule has 1 heterocycles. The van der Waals surface area contributed by atoms with E-state index < -0.39 is 6.04 Å². The van der Waals surface area contributed by atoms with Gasteiger partial charge < -0.3 is 21.1 Å². The average Bonchev–Trinajstić information content (AvgIpc) is 2.77. The van der Waals surface area contributed by atoms with Crippen molar-refractivity contribution in [2.75, 3.05) is 6.54 Å². The average molecular weight is 438 g/mol. The third kappa shape index (κ3) is 5.68. The van der Waals surface area contributed by atoms with E-state index in [0.29, 0.717) is 6.42 Å². The largest absolute Gasteiger partial charge is 0.508 e. The highest BCUT2D eigenvalue weighted by molar-refractivity contribution is 5.89. The van der Waals surface area contributed by atoms with Crippen LogP contribution in [0.3, 0.4) is 0 Å². The zero-order valence-electron chi connectivity index (χ0n) is 19.3. The van der Waals surface area contributed by atoms with Gasteiger partial charge in [0, 0.05) is 13.0 Å². The van der Waals surface area contributed by atoms with Gasteiger partial charge >= 0.3 is 0 Å². The molecule has 172 valence electrons. The lowest BCUT2D eigenvalue weighted by molar-refractivity contribution is -0.141. The maximum Gasteiger partial charge on any atom is 0.243 e. The Morgan fingerprint density at radius 2 is 1.84 bits per heavy atom. The van der Waals surface area contributed by atoms with Crippen LogP contribution in [0, 0.1) is 5.92 Å². The monoisotopic (exact) mass is 437 g/mol. The van der Waals surface area contributed by atoms with E-state index in [1.807, 2.05) is 18.2 Å². The minimum atomic E-state index is -0.595. The van der Waals surface area contributed by atoms with Crippen molar-refractivity contribution in [3.8, 4) is 5.75 Å². The molecule has 0 radical (unpaired) electrons. The fourth-order valence-corrected chi connectivity index (χ4v) is 4.36. The Labute approximate surface area is 190 Å². The molecule has 2 amide bonds. The number of phenols is 1. The van der Waals surface area contributed by atoms with Gasteiger partial charge in [0.1, 0.15) is 11.8 Å². The summed E-state index contributed by atoms with van der Waals surface area (Å²) in [4.78, 5) is 27.1. The number of hydrogen-bond donors (Lipinski definition) is 3. The Bertz CT molecular complexity index is 954. The smallest absolute Gasteiger partial charge is 0.243 e. The van der Waals surface area contributed by atoms with Crippen molar-refractivity contribution in [1.82, 2.24) is 10.2 Å². The molecular weight excluding hydrogens is 402 g/mol. The van der Waals surface area contributed by atoms with Crippen LogP contribution < -0.4 is 11.1 Å². The summed E-state index contributed by atoms with van der Waals surface area (Å²) in [5, 5.41) is 12.9. The first kappa shape index (κ1) is 23.8. The second kappa shape index (κ2) is 10.6. The maximum atomic E-state index is 13.2. The standard InChI is InChI=1S/C22H25N3O3.C4H10/c23-12-21(27)25-13-16-10-17(26)9-8-15(16)11-20(25)22(28)24-19-7-3-5-14-4-1-2-6-18(14)19;1-4(2)3/h1-2,4,6,8-10,19-20,26H,3,5,7,11-13,23H2,(H,24,28);4H,1-3H3. The molecule has 2 atom stereocenters. The highest BCUT2D eigenvalue weighted by Crippen LogP contribution is 2.31. The number of nitrogens with zero attached hydrogens (tertiary/aromatic N) is 1. The molecule has 2 aromatic rings. The van der Waals surface area contributed by atoms with Gasteiger partial charge in [0.25, 0.3) is 0 Å². The lowest BCUT2D eigenvalue weighted by Crippen LogP contribution is -2.54.